The largest absolute Gasteiger partial charge is 0.379 e. The number of nitrogens with one attached hydrogen (secondary N) is 2. The lowest BCUT2D eigenvalue weighted by Gasteiger charge is -2.11. The Kier molecular flexibility index (Phi) is 3.31. The van der Waals surface area contributed by atoms with Crippen LogP contribution in [-0.2, 0) is 4.74 Å². The Bertz CT molecular complexity index is 380. The molecule has 1 saturated heterocycles. The lowest BCUT2D eigenvalue weighted by molar-refractivity contribution is 0.189. The van der Waals surface area contributed by atoms with Gasteiger partial charge in [-0.05, 0) is 12.5 Å². The number of hydrogen-bond acceptors (Lipinski definition) is 3. The molecular formula is C10H12FN3O2. The number of pyridine rings is 1. The maximum atomic E-state index is 13.1. The van der Waals surface area contributed by atoms with Crippen LogP contribution in [0, 0.1) is 5.82 Å². The van der Waals surface area contributed by atoms with Gasteiger partial charge in [0.25, 0.3) is 0 Å². The van der Waals surface area contributed by atoms with Crippen molar-refractivity contribution in [3.8, 4) is 0 Å². The summed E-state index contributed by atoms with van der Waals surface area (Å²) in [7, 11) is 0. The van der Waals surface area contributed by atoms with Crippen molar-refractivity contribution in [1.82, 2.24) is 10.3 Å². The Labute approximate surface area is 92.0 Å². The van der Waals surface area contributed by atoms with Gasteiger partial charge in [-0.2, -0.15) is 0 Å². The van der Waals surface area contributed by atoms with Crippen molar-refractivity contribution in [1.29, 1.82) is 0 Å². The van der Waals surface area contributed by atoms with Crippen molar-refractivity contribution >= 4 is 11.7 Å². The zero-order valence-corrected chi connectivity index (χ0v) is 8.57. The number of aromatic nitrogens is 1. The summed E-state index contributed by atoms with van der Waals surface area (Å²) in [6, 6.07) is 0.977. The SMILES string of the molecule is O=C(Nc1ccncc1F)NC1CCOC1. The molecule has 5 nitrogen and oxygen atoms in total. The van der Waals surface area contributed by atoms with Gasteiger partial charge in [0.15, 0.2) is 5.82 Å². The first-order chi connectivity index (χ1) is 7.75. The molecule has 0 spiro atoms. The molecule has 16 heavy (non-hydrogen) atoms. The highest BCUT2D eigenvalue weighted by molar-refractivity contribution is 5.89. The van der Waals surface area contributed by atoms with E-state index in [1.165, 1.54) is 12.3 Å². The molecule has 1 atom stereocenters. The van der Waals surface area contributed by atoms with Crippen molar-refractivity contribution in [3.63, 3.8) is 0 Å². The number of halogens is 1. The first-order valence-corrected chi connectivity index (χ1v) is 5.00. The van der Waals surface area contributed by atoms with E-state index in [0.29, 0.717) is 13.2 Å². The molecule has 2 N–H and O–H groups in total. The average Bonchev–Trinajstić information content (AvgIpc) is 2.74. The van der Waals surface area contributed by atoms with Crippen molar-refractivity contribution in [2.24, 2.45) is 0 Å². The second kappa shape index (κ2) is 4.89. The molecule has 2 amide bonds. The second-order valence-electron chi connectivity index (χ2n) is 3.51. The van der Waals surface area contributed by atoms with Crippen LogP contribution in [0.1, 0.15) is 6.42 Å². The van der Waals surface area contributed by atoms with Gasteiger partial charge in [-0.25, -0.2) is 9.18 Å². The topological polar surface area (TPSA) is 63.2 Å². The highest BCUT2D eigenvalue weighted by Gasteiger charge is 2.18. The summed E-state index contributed by atoms with van der Waals surface area (Å²) >= 11 is 0. The molecule has 2 rings (SSSR count). The van der Waals surface area contributed by atoms with Crippen LogP contribution in [0.2, 0.25) is 0 Å². The Morgan fingerprint density at radius 3 is 3.19 bits per heavy atom. The van der Waals surface area contributed by atoms with Gasteiger partial charge < -0.3 is 15.4 Å². The molecule has 1 unspecified atom stereocenters. The minimum absolute atomic E-state index is 0.00454. The predicted molar refractivity (Wildman–Crippen MR) is 55.6 cm³/mol. The summed E-state index contributed by atoms with van der Waals surface area (Å²) in [4.78, 5) is 15.0. The number of nitrogens with zero attached hydrogens (tertiary/aromatic N) is 1. The molecular weight excluding hydrogens is 213 g/mol. The van der Waals surface area contributed by atoms with Gasteiger partial charge >= 0.3 is 6.03 Å². The van der Waals surface area contributed by atoms with E-state index in [0.717, 1.165) is 12.6 Å². The number of ether oxygens (including phenoxy) is 1. The van der Waals surface area contributed by atoms with Gasteiger partial charge in [0, 0.05) is 12.8 Å². The van der Waals surface area contributed by atoms with Crippen LogP contribution in [0.25, 0.3) is 0 Å². The van der Waals surface area contributed by atoms with Crippen LogP contribution in [0.15, 0.2) is 18.5 Å². The predicted octanol–water partition coefficient (Wildman–Crippen LogP) is 1.13. The number of carbonyl (C=O) groups excluding carboxylic acids is 1. The number of rotatable bonds is 2. The summed E-state index contributed by atoms with van der Waals surface area (Å²) in [6.45, 7) is 1.15. The van der Waals surface area contributed by atoms with E-state index in [4.69, 9.17) is 4.74 Å². The Balaban J connectivity index is 1.89. The summed E-state index contributed by atoms with van der Waals surface area (Å²) in [5.74, 6) is -0.555. The average molecular weight is 225 g/mol. The minimum atomic E-state index is -0.555. The number of anilines is 1. The maximum absolute atomic E-state index is 13.1. The van der Waals surface area contributed by atoms with Crippen LogP contribution in [0.5, 0.6) is 0 Å². The second-order valence-corrected chi connectivity index (χ2v) is 3.51. The molecule has 1 aliphatic heterocycles. The lowest BCUT2D eigenvalue weighted by atomic mass is 10.3. The summed E-state index contributed by atoms with van der Waals surface area (Å²) in [5.41, 5.74) is 0.117. The van der Waals surface area contributed by atoms with Crippen molar-refractivity contribution in [2.45, 2.75) is 12.5 Å². The van der Waals surface area contributed by atoms with E-state index in [2.05, 4.69) is 15.6 Å². The smallest absolute Gasteiger partial charge is 0.319 e. The van der Waals surface area contributed by atoms with Crippen LogP contribution in [-0.4, -0.2) is 30.3 Å². The van der Waals surface area contributed by atoms with E-state index in [9.17, 15) is 9.18 Å². The molecule has 1 fully saturated rings. The van der Waals surface area contributed by atoms with E-state index in [1.54, 1.807) is 0 Å². The number of amides is 2. The minimum Gasteiger partial charge on any atom is -0.379 e. The van der Waals surface area contributed by atoms with E-state index in [1.807, 2.05) is 0 Å². The van der Waals surface area contributed by atoms with Gasteiger partial charge in [-0.3, -0.25) is 4.98 Å². The first kappa shape index (κ1) is 10.8. The Morgan fingerprint density at radius 2 is 2.50 bits per heavy atom. The number of urea groups is 1. The first-order valence-electron chi connectivity index (χ1n) is 5.00. The van der Waals surface area contributed by atoms with Crippen LogP contribution < -0.4 is 10.6 Å². The number of hydrogen-bond donors (Lipinski definition) is 2. The van der Waals surface area contributed by atoms with Gasteiger partial charge in [-0.1, -0.05) is 0 Å². The highest BCUT2D eigenvalue weighted by Crippen LogP contribution is 2.11. The van der Waals surface area contributed by atoms with E-state index >= 15 is 0 Å². The molecule has 0 aliphatic carbocycles. The monoisotopic (exact) mass is 225 g/mol. The molecule has 86 valence electrons. The molecule has 2 heterocycles. The van der Waals surface area contributed by atoms with Crippen molar-refractivity contribution in [2.75, 3.05) is 18.5 Å². The highest BCUT2D eigenvalue weighted by atomic mass is 19.1. The summed E-state index contributed by atoms with van der Waals surface area (Å²) in [5, 5.41) is 5.11. The fraction of sp³-hybridized carbons (Fsp3) is 0.400. The summed E-state index contributed by atoms with van der Waals surface area (Å²) in [6.07, 6.45) is 3.25. The van der Waals surface area contributed by atoms with E-state index < -0.39 is 11.8 Å². The molecule has 0 bridgehead atoms. The van der Waals surface area contributed by atoms with Crippen LogP contribution in [0.3, 0.4) is 0 Å². The molecule has 0 aromatic carbocycles. The third-order valence-corrected chi connectivity index (χ3v) is 2.29. The molecule has 6 heteroatoms. The molecule has 0 radical (unpaired) electrons. The zero-order chi connectivity index (χ0) is 11.4. The molecule has 1 aliphatic rings. The summed E-state index contributed by atoms with van der Waals surface area (Å²) < 4.78 is 18.2. The molecule has 1 aromatic rings. The van der Waals surface area contributed by atoms with Gasteiger partial charge in [0.2, 0.25) is 0 Å². The quantitative estimate of drug-likeness (QED) is 0.793. The standard InChI is InChI=1S/C10H12FN3O2/c11-8-5-12-3-1-9(8)14-10(15)13-7-2-4-16-6-7/h1,3,5,7H,2,4,6H2,(H2,12,13,14,15). The Hall–Kier alpha value is -1.69. The van der Waals surface area contributed by atoms with Crippen molar-refractivity contribution < 1.29 is 13.9 Å². The Morgan fingerprint density at radius 1 is 1.62 bits per heavy atom. The number of carbonyl (C=O) groups is 1. The fourth-order valence-corrected chi connectivity index (χ4v) is 1.47. The third kappa shape index (κ3) is 2.66. The molecule has 0 saturated carbocycles. The van der Waals surface area contributed by atoms with E-state index in [-0.39, 0.29) is 11.7 Å². The maximum Gasteiger partial charge on any atom is 0.319 e. The van der Waals surface area contributed by atoms with Gasteiger partial charge in [-0.15, -0.1) is 0 Å². The van der Waals surface area contributed by atoms with Crippen molar-refractivity contribution in [3.05, 3.63) is 24.3 Å². The lowest BCUT2D eigenvalue weighted by Crippen LogP contribution is -2.38. The van der Waals surface area contributed by atoms with Crippen LogP contribution in [0.4, 0.5) is 14.9 Å². The molecule has 1 aromatic heterocycles. The fourth-order valence-electron chi connectivity index (χ4n) is 1.47. The van der Waals surface area contributed by atoms with Crippen LogP contribution >= 0.6 is 0 Å². The normalized spacial score (nSPS) is 19.4. The zero-order valence-electron chi connectivity index (χ0n) is 8.57. The third-order valence-electron chi connectivity index (χ3n) is 2.29. The van der Waals surface area contributed by atoms with Gasteiger partial charge in [0.05, 0.1) is 24.5 Å². The van der Waals surface area contributed by atoms with Gasteiger partial charge in [0.1, 0.15) is 0 Å².